The van der Waals surface area contributed by atoms with Crippen molar-refractivity contribution < 1.29 is 28.7 Å². The number of nitrogens with zero attached hydrogens (tertiary/aromatic N) is 1. The zero-order valence-corrected chi connectivity index (χ0v) is 19.2. The number of dihydropyridines is 1. The highest BCUT2D eigenvalue weighted by molar-refractivity contribution is 6.00. The van der Waals surface area contributed by atoms with Gasteiger partial charge in [-0.3, -0.25) is 10.1 Å². The van der Waals surface area contributed by atoms with Gasteiger partial charge in [0.15, 0.2) is 0 Å². The summed E-state index contributed by atoms with van der Waals surface area (Å²) in [7, 11) is 0. The second-order valence-corrected chi connectivity index (χ2v) is 7.51. The Morgan fingerprint density at radius 2 is 1.59 bits per heavy atom. The second kappa shape index (κ2) is 11.1. The Kier molecular flexibility index (Phi) is 8.02. The molecule has 1 aliphatic heterocycles. The van der Waals surface area contributed by atoms with Crippen molar-refractivity contribution in [1.29, 1.82) is 0 Å². The van der Waals surface area contributed by atoms with Gasteiger partial charge in [0.1, 0.15) is 19.0 Å². The van der Waals surface area contributed by atoms with Gasteiger partial charge in [-0.2, -0.15) is 0 Å². The molecule has 9 heteroatoms. The fourth-order valence-corrected chi connectivity index (χ4v) is 3.78. The molecule has 0 fully saturated rings. The van der Waals surface area contributed by atoms with Crippen molar-refractivity contribution in [2.24, 2.45) is 0 Å². The first-order chi connectivity index (χ1) is 16.3. The molecule has 0 amide bonds. The fraction of sp³-hybridized carbons (Fsp3) is 0.280. The van der Waals surface area contributed by atoms with Gasteiger partial charge in [-0.05, 0) is 38.5 Å². The SMILES string of the molecule is CCOC(=O)C1=C(C)NC(C)=C(C(=O)OCCOc2ccccc2)C1c1cccc([N+](=O)[O-])c1. The van der Waals surface area contributed by atoms with Crippen LogP contribution in [0.4, 0.5) is 5.69 Å². The average Bonchev–Trinajstić information content (AvgIpc) is 2.82. The van der Waals surface area contributed by atoms with E-state index in [-0.39, 0.29) is 36.7 Å². The van der Waals surface area contributed by atoms with Crippen LogP contribution in [0.3, 0.4) is 0 Å². The molecule has 0 aromatic heterocycles. The predicted molar refractivity (Wildman–Crippen MR) is 124 cm³/mol. The van der Waals surface area contributed by atoms with E-state index in [2.05, 4.69) is 5.32 Å². The second-order valence-electron chi connectivity index (χ2n) is 7.51. The van der Waals surface area contributed by atoms with Gasteiger partial charge in [0.2, 0.25) is 0 Å². The number of benzene rings is 2. The van der Waals surface area contributed by atoms with Crippen molar-refractivity contribution >= 4 is 17.6 Å². The van der Waals surface area contributed by atoms with Crippen LogP contribution in [0.25, 0.3) is 0 Å². The fourth-order valence-electron chi connectivity index (χ4n) is 3.78. The van der Waals surface area contributed by atoms with Crippen LogP contribution >= 0.6 is 0 Å². The van der Waals surface area contributed by atoms with E-state index in [9.17, 15) is 19.7 Å². The number of carbonyl (C=O) groups is 2. The molecule has 178 valence electrons. The van der Waals surface area contributed by atoms with Gasteiger partial charge in [-0.1, -0.05) is 30.3 Å². The number of carbonyl (C=O) groups excluding carboxylic acids is 2. The minimum Gasteiger partial charge on any atom is -0.490 e. The number of nitro benzene ring substituents is 1. The molecule has 9 nitrogen and oxygen atoms in total. The van der Waals surface area contributed by atoms with E-state index < -0.39 is 22.8 Å². The number of esters is 2. The molecule has 34 heavy (non-hydrogen) atoms. The van der Waals surface area contributed by atoms with Crippen molar-refractivity contribution in [3.8, 4) is 5.75 Å². The molecule has 2 aromatic rings. The third-order valence-electron chi connectivity index (χ3n) is 5.22. The van der Waals surface area contributed by atoms with Crippen molar-refractivity contribution in [3.63, 3.8) is 0 Å². The molecule has 0 saturated heterocycles. The summed E-state index contributed by atoms with van der Waals surface area (Å²) < 4.78 is 16.2. The smallest absolute Gasteiger partial charge is 0.336 e. The minimum atomic E-state index is -0.900. The van der Waals surface area contributed by atoms with Crippen molar-refractivity contribution in [2.75, 3.05) is 19.8 Å². The van der Waals surface area contributed by atoms with E-state index in [1.807, 2.05) is 18.2 Å². The molecule has 0 aliphatic carbocycles. The van der Waals surface area contributed by atoms with Crippen molar-refractivity contribution in [2.45, 2.75) is 26.7 Å². The summed E-state index contributed by atoms with van der Waals surface area (Å²) in [5.74, 6) is -1.53. The largest absolute Gasteiger partial charge is 0.490 e. The van der Waals surface area contributed by atoms with Crippen LogP contribution in [-0.4, -0.2) is 36.7 Å². The molecule has 0 saturated carbocycles. The molecule has 1 N–H and O–H groups in total. The highest BCUT2D eigenvalue weighted by atomic mass is 16.6. The first kappa shape index (κ1) is 24.5. The van der Waals surface area contributed by atoms with Gasteiger partial charge in [0, 0.05) is 23.5 Å². The maximum Gasteiger partial charge on any atom is 0.336 e. The summed E-state index contributed by atoms with van der Waals surface area (Å²) in [6, 6.07) is 14.9. The number of non-ortho nitro benzene ring substituents is 1. The first-order valence-corrected chi connectivity index (χ1v) is 10.8. The van der Waals surface area contributed by atoms with Crippen LogP contribution in [0.15, 0.2) is 77.1 Å². The predicted octanol–water partition coefficient (Wildman–Crippen LogP) is 4.01. The quantitative estimate of drug-likeness (QED) is 0.255. The van der Waals surface area contributed by atoms with Gasteiger partial charge < -0.3 is 19.5 Å². The Morgan fingerprint density at radius 1 is 0.941 bits per heavy atom. The van der Waals surface area contributed by atoms with Gasteiger partial charge in [-0.15, -0.1) is 0 Å². The van der Waals surface area contributed by atoms with Gasteiger partial charge in [0.25, 0.3) is 5.69 Å². The topological polar surface area (TPSA) is 117 Å². The summed E-state index contributed by atoms with van der Waals surface area (Å²) in [6.07, 6.45) is 0. The number of nitrogens with one attached hydrogen (secondary N) is 1. The number of para-hydroxylation sites is 1. The number of rotatable bonds is 9. The minimum absolute atomic E-state index is 0.0242. The molecule has 1 aliphatic rings. The lowest BCUT2D eigenvalue weighted by molar-refractivity contribution is -0.384. The third-order valence-corrected chi connectivity index (χ3v) is 5.22. The van der Waals surface area contributed by atoms with E-state index in [0.717, 1.165) is 0 Å². The van der Waals surface area contributed by atoms with Gasteiger partial charge >= 0.3 is 11.9 Å². The van der Waals surface area contributed by atoms with E-state index in [0.29, 0.717) is 22.7 Å². The first-order valence-electron chi connectivity index (χ1n) is 10.8. The number of allylic oxidation sites excluding steroid dienone is 2. The summed E-state index contributed by atoms with van der Waals surface area (Å²) in [6.45, 7) is 5.30. The van der Waals surface area contributed by atoms with Gasteiger partial charge in [-0.25, -0.2) is 9.59 Å². The molecule has 1 unspecified atom stereocenters. The maximum absolute atomic E-state index is 13.2. The molecular weight excluding hydrogens is 440 g/mol. The summed E-state index contributed by atoms with van der Waals surface area (Å²) >= 11 is 0. The lowest BCUT2D eigenvalue weighted by atomic mass is 9.80. The Labute approximate surface area is 197 Å². The molecular formula is C25H26N2O7. The number of hydrogen-bond acceptors (Lipinski definition) is 8. The Balaban J connectivity index is 1.90. The zero-order valence-electron chi connectivity index (χ0n) is 19.2. The molecule has 0 bridgehead atoms. The van der Waals surface area contributed by atoms with E-state index in [4.69, 9.17) is 14.2 Å². The van der Waals surface area contributed by atoms with Crippen LogP contribution in [-0.2, 0) is 19.1 Å². The van der Waals surface area contributed by atoms with Crippen molar-refractivity contribution in [1.82, 2.24) is 5.32 Å². The summed E-state index contributed by atoms with van der Waals surface area (Å²) in [4.78, 5) is 36.9. The summed E-state index contributed by atoms with van der Waals surface area (Å²) in [5, 5.41) is 14.4. The van der Waals surface area contributed by atoms with Crippen LogP contribution in [0.1, 0.15) is 32.3 Å². The zero-order chi connectivity index (χ0) is 24.7. The van der Waals surface area contributed by atoms with Gasteiger partial charge in [0.05, 0.1) is 28.6 Å². The standard InChI is InChI=1S/C25H26N2O7/c1-4-32-24(28)21-16(2)26-17(3)22(23(21)18-9-8-10-19(15-18)27(30)31)25(29)34-14-13-33-20-11-6-5-7-12-20/h5-12,15,23,26H,4,13-14H2,1-3H3. The Morgan fingerprint density at radius 3 is 2.21 bits per heavy atom. The number of hydrogen-bond donors (Lipinski definition) is 1. The molecule has 3 rings (SSSR count). The Bertz CT molecular complexity index is 1140. The molecule has 0 spiro atoms. The van der Waals surface area contributed by atoms with Crippen molar-refractivity contribution in [3.05, 3.63) is 92.8 Å². The van der Waals surface area contributed by atoms with Crippen LogP contribution in [0.5, 0.6) is 5.75 Å². The highest BCUT2D eigenvalue weighted by Gasteiger charge is 2.38. The third kappa shape index (κ3) is 5.61. The monoisotopic (exact) mass is 466 g/mol. The van der Waals surface area contributed by atoms with E-state index in [1.54, 1.807) is 39.0 Å². The number of nitro groups is 1. The number of ether oxygens (including phenoxy) is 3. The average molecular weight is 466 g/mol. The molecule has 1 atom stereocenters. The van der Waals surface area contributed by atoms with Crippen LogP contribution < -0.4 is 10.1 Å². The van der Waals surface area contributed by atoms with Crippen LogP contribution in [0.2, 0.25) is 0 Å². The highest BCUT2D eigenvalue weighted by Crippen LogP contribution is 2.40. The molecule has 2 aromatic carbocycles. The molecule has 1 heterocycles. The summed E-state index contributed by atoms with van der Waals surface area (Å²) in [5.41, 5.74) is 1.60. The molecule has 0 radical (unpaired) electrons. The van der Waals surface area contributed by atoms with E-state index in [1.165, 1.54) is 18.2 Å². The Hall–Kier alpha value is -4.14. The van der Waals surface area contributed by atoms with E-state index >= 15 is 0 Å². The van der Waals surface area contributed by atoms with Crippen LogP contribution in [0, 0.1) is 10.1 Å². The normalized spacial score (nSPS) is 15.4. The lowest BCUT2D eigenvalue weighted by Gasteiger charge is -2.30. The lowest BCUT2D eigenvalue weighted by Crippen LogP contribution is -2.33. The maximum atomic E-state index is 13.2.